The molecular formula is C61H103N15O13. The normalized spacial score (nSPS) is 16.3. The molecule has 1 aliphatic heterocycles. The molecule has 17 N–H and O–H groups in total. The molecule has 1 aromatic rings. The van der Waals surface area contributed by atoms with E-state index in [1.165, 1.54) is 25.7 Å². The van der Waals surface area contributed by atoms with Crippen LogP contribution in [0.3, 0.4) is 0 Å². The molecule has 0 bridgehead atoms. The van der Waals surface area contributed by atoms with E-state index in [4.69, 9.17) is 16.9 Å². The van der Waals surface area contributed by atoms with Crippen LogP contribution in [-0.4, -0.2) is 180 Å². The minimum atomic E-state index is -1.79. The van der Waals surface area contributed by atoms with Crippen molar-refractivity contribution in [2.24, 2.45) is 29.2 Å². The van der Waals surface area contributed by atoms with Crippen LogP contribution >= 0.6 is 0 Å². The number of nitrogens with zero attached hydrogens (tertiary/aromatic N) is 1. The summed E-state index contributed by atoms with van der Waals surface area (Å²) in [6, 6.07) is -2.56. The third-order valence-corrected chi connectivity index (χ3v) is 15.2. The fraction of sp³-hybridized carbons (Fsp3) is 0.689. The summed E-state index contributed by atoms with van der Waals surface area (Å²) < 4.78 is 0. The van der Waals surface area contributed by atoms with E-state index in [1.807, 2.05) is 7.05 Å². The maximum atomic E-state index is 14.3. The average molecular weight is 1250 g/mol. The number of aliphatic hydroxyl groups excluding tert-OH is 1. The van der Waals surface area contributed by atoms with Gasteiger partial charge in [-0.25, -0.2) is 0 Å². The molecule has 1 fully saturated rings. The second-order valence-corrected chi connectivity index (χ2v) is 23.8. The van der Waals surface area contributed by atoms with Gasteiger partial charge in [0.25, 0.3) is 0 Å². The number of nitrogens with one attached hydrogen (secondary N) is 12. The molecule has 89 heavy (non-hydrogen) atoms. The summed E-state index contributed by atoms with van der Waals surface area (Å²) in [5.41, 5.74) is 11.7. The lowest BCUT2D eigenvalue weighted by Gasteiger charge is -2.30. The summed E-state index contributed by atoms with van der Waals surface area (Å²) in [5.74, 6) is -9.70. The quantitative estimate of drug-likeness (QED) is 0.0213. The van der Waals surface area contributed by atoms with Crippen LogP contribution in [0.25, 0.3) is 0 Å². The fourth-order valence-electron chi connectivity index (χ4n) is 9.95. The molecule has 0 aromatic heterocycles. The first-order valence-corrected chi connectivity index (χ1v) is 31.2. The van der Waals surface area contributed by atoms with E-state index in [0.29, 0.717) is 51.5 Å². The lowest BCUT2D eigenvalue weighted by molar-refractivity contribution is -0.142. The zero-order valence-electron chi connectivity index (χ0n) is 53.8. The Kier molecular flexibility index (Phi) is 35.4. The van der Waals surface area contributed by atoms with E-state index in [1.54, 1.807) is 71.9 Å². The Hall–Kier alpha value is -7.75. The fourth-order valence-corrected chi connectivity index (χ4v) is 9.95. The number of ketones is 1. The van der Waals surface area contributed by atoms with Crippen molar-refractivity contribution in [1.29, 1.82) is 5.41 Å². The van der Waals surface area contributed by atoms with E-state index >= 15 is 0 Å². The van der Waals surface area contributed by atoms with Gasteiger partial charge in [0, 0.05) is 44.8 Å². The van der Waals surface area contributed by atoms with Crippen molar-refractivity contribution in [3.8, 4) is 0 Å². The van der Waals surface area contributed by atoms with Gasteiger partial charge in [0.05, 0.1) is 12.1 Å². The number of likely N-dealkylation sites (tertiary alicyclic amines) is 1. The first-order chi connectivity index (χ1) is 42.0. The molecule has 28 heteroatoms. The van der Waals surface area contributed by atoms with Gasteiger partial charge in [-0.2, -0.15) is 0 Å². The summed E-state index contributed by atoms with van der Waals surface area (Å²) in [7, 11) is 1.84. The smallest absolute Gasteiger partial charge is 0.245 e. The van der Waals surface area contributed by atoms with Gasteiger partial charge in [-0.3, -0.25) is 62.9 Å². The number of hydrogen-bond acceptors (Lipinski definition) is 15. The molecule has 6 unspecified atom stereocenters. The Bertz CT molecular complexity index is 2520. The number of amides is 11. The van der Waals surface area contributed by atoms with Crippen LogP contribution in [0.5, 0.6) is 0 Å². The molecule has 0 spiro atoms. The number of nitrogens with two attached hydrogens (primary N) is 2. The topological polar surface area (TPSA) is 437 Å². The molecular weight excluding hydrogens is 1150 g/mol. The van der Waals surface area contributed by atoms with E-state index in [9.17, 15) is 62.6 Å². The molecule has 1 saturated heterocycles. The van der Waals surface area contributed by atoms with E-state index in [-0.39, 0.29) is 68.2 Å². The van der Waals surface area contributed by atoms with Crippen molar-refractivity contribution < 1.29 is 62.6 Å². The number of carbonyl (C=O) groups excluding carboxylic acids is 12. The van der Waals surface area contributed by atoms with E-state index in [2.05, 4.69) is 58.5 Å². The number of primary amides is 1. The number of Topliss-reactive ketones (excluding diaryl/α,β-unsaturated/α-hetero) is 1. The first-order valence-electron chi connectivity index (χ1n) is 31.2. The van der Waals surface area contributed by atoms with Crippen molar-refractivity contribution in [1.82, 2.24) is 63.4 Å². The van der Waals surface area contributed by atoms with Crippen LogP contribution in [0.4, 0.5) is 0 Å². The Morgan fingerprint density at radius 3 is 1.74 bits per heavy atom. The zero-order valence-corrected chi connectivity index (χ0v) is 53.8. The summed E-state index contributed by atoms with van der Waals surface area (Å²) in [6.45, 7) is 15.7. The first kappa shape index (κ1) is 77.3. The monoisotopic (exact) mass is 1250 g/mol. The number of guanidine groups is 1. The molecule has 1 heterocycles. The Labute approximate surface area is 523 Å². The van der Waals surface area contributed by atoms with Gasteiger partial charge < -0.3 is 80.0 Å². The number of aliphatic hydroxyl groups is 1. The van der Waals surface area contributed by atoms with Crippen molar-refractivity contribution >= 4 is 76.7 Å². The maximum Gasteiger partial charge on any atom is 0.245 e. The van der Waals surface area contributed by atoms with Gasteiger partial charge in [0.15, 0.2) is 11.7 Å². The number of benzene rings is 1. The molecule has 11 amide bonds. The largest absolute Gasteiger partial charge is 0.391 e. The van der Waals surface area contributed by atoms with Gasteiger partial charge in [-0.15, -0.1) is 0 Å². The third kappa shape index (κ3) is 29.0. The highest BCUT2D eigenvalue weighted by atomic mass is 16.3. The van der Waals surface area contributed by atoms with Crippen LogP contribution < -0.4 is 70.0 Å². The number of hydrogen-bond donors (Lipinski definition) is 15. The van der Waals surface area contributed by atoms with Crippen molar-refractivity contribution in [2.45, 2.75) is 219 Å². The summed E-state index contributed by atoms with van der Waals surface area (Å²) in [6.07, 6.45) is 2.53. The van der Waals surface area contributed by atoms with E-state index < -0.39 is 138 Å². The molecule has 0 radical (unpaired) electrons. The lowest BCUT2D eigenvalue weighted by Crippen LogP contribution is -2.62. The molecule has 0 aliphatic carbocycles. The van der Waals surface area contributed by atoms with Crippen LogP contribution in [0.15, 0.2) is 30.3 Å². The molecule has 11 atom stereocenters. The minimum absolute atomic E-state index is 0.0252. The highest BCUT2D eigenvalue weighted by Gasteiger charge is 2.40. The summed E-state index contributed by atoms with van der Waals surface area (Å²) in [5, 5.41) is 48.3. The van der Waals surface area contributed by atoms with Gasteiger partial charge in [0.2, 0.25) is 65.0 Å². The summed E-state index contributed by atoms with van der Waals surface area (Å²) >= 11 is 0. The molecule has 28 nitrogen and oxygen atoms in total. The predicted octanol–water partition coefficient (Wildman–Crippen LogP) is -0.959. The highest BCUT2D eigenvalue weighted by molar-refractivity contribution is 5.99. The standard InChI is InChI=1S/C61H103N15O13/c1-11-49(80)66-30-18-16-24-42(39(8)77)69-57(86)47-26-20-32-76(47)60(89)38(7)68-55(84)45(33-35(2)3)73-53(82)44(27-28-48(62)79)71-59(88)51(40(9)78)75-58(87)50(36(4)5)74-54(83)43(25-19-31-67-61(63)64)70-56(85)46(34-41-22-13-12-14-23-41)72-52(81)37(6)21-15-17-29-65-10/h12-14,22-23,35-38,40,42-47,50-51,65,78H,11,15-21,24-34H2,1-10H3,(H2,62,79)(H,66,80)(H,68,84)(H,69,86)(H,70,85)(H,71,88)(H,72,81)(H,73,82)(H,74,83)(H,75,87)(H4,63,64,67)/t37?,38?,40-,42?,43+,44?,45+,46?,47+,50?,51+/m1/s1. The Morgan fingerprint density at radius 1 is 0.607 bits per heavy atom. The SMILES string of the molecule is CCC(=O)NCCCCC(NC(=O)[C@@H]1CCCN1C(=O)C(C)NC(=O)[C@H](CC(C)C)NC(=O)C(CCC(N)=O)NC(=O)[C@@H](NC(=O)C(NC(=O)[C@H](CCCNC(=N)N)NC(=O)C(Cc1ccccc1)NC(=O)C(C)CCCCNC)C(C)C)[C@@H](C)O)C(C)=O. The molecule has 2 rings (SSSR count). The summed E-state index contributed by atoms with van der Waals surface area (Å²) in [4.78, 5) is 164. The van der Waals surface area contributed by atoms with Gasteiger partial charge in [-0.1, -0.05) is 78.3 Å². The van der Waals surface area contributed by atoms with Gasteiger partial charge in [-0.05, 0) is 122 Å². The highest BCUT2D eigenvalue weighted by Crippen LogP contribution is 2.20. The average Bonchev–Trinajstić information content (AvgIpc) is 3.65. The maximum absolute atomic E-state index is 14.3. The van der Waals surface area contributed by atoms with E-state index in [0.717, 1.165) is 24.9 Å². The lowest BCUT2D eigenvalue weighted by atomic mass is 9.99. The van der Waals surface area contributed by atoms with Gasteiger partial charge >= 0.3 is 0 Å². The van der Waals surface area contributed by atoms with Crippen LogP contribution in [0.2, 0.25) is 0 Å². The Morgan fingerprint density at radius 2 is 1.15 bits per heavy atom. The predicted molar refractivity (Wildman–Crippen MR) is 334 cm³/mol. The van der Waals surface area contributed by atoms with Crippen LogP contribution in [0, 0.1) is 23.2 Å². The van der Waals surface area contributed by atoms with Crippen molar-refractivity contribution in [3.63, 3.8) is 0 Å². The minimum Gasteiger partial charge on any atom is -0.391 e. The number of unbranched alkanes of at least 4 members (excludes halogenated alkanes) is 2. The van der Waals surface area contributed by atoms with Crippen molar-refractivity contribution in [3.05, 3.63) is 35.9 Å². The zero-order chi connectivity index (χ0) is 66.9. The number of carbonyl (C=O) groups is 12. The van der Waals surface area contributed by atoms with Crippen LogP contribution in [-0.2, 0) is 64.0 Å². The number of rotatable bonds is 42. The van der Waals surface area contributed by atoms with Crippen molar-refractivity contribution in [2.75, 3.05) is 33.2 Å². The molecule has 500 valence electrons. The van der Waals surface area contributed by atoms with Gasteiger partial charge in [0.1, 0.15) is 48.3 Å². The second kappa shape index (κ2) is 40.7. The molecule has 1 aromatic carbocycles. The Balaban J connectivity index is 2.33. The molecule has 0 saturated carbocycles. The molecule has 1 aliphatic rings. The van der Waals surface area contributed by atoms with Crippen LogP contribution in [0.1, 0.15) is 158 Å². The second-order valence-electron chi connectivity index (χ2n) is 23.8. The third-order valence-electron chi connectivity index (χ3n) is 15.2.